The fourth-order valence-corrected chi connectivity index (χ4v) is 2.93. The molecule has 7 nitrogen and oxygen atoms in total. The standard InChI is InChI=1S/C20H14ClFN4O3/c1-26-19(27)10-16(25-26)20(28)24-12-3-5-18(14(22)9-12)29-17-6-7-23-15-8-11(21)2-4-13(15)17/h2-10,25H,1H3,(H,24,28). The van der Waals surface area contributed by atoms with Crippen LogP contribution in [-0.2, 0) is 7.05 Å². The average molecular weight is 413 g/mol. The third kappa shape index (κ3) is 3.83. The highest BCUT2D eigenvalue weighted by atomic mass is 35.5. The molecule has 0 aliphatic heterocycles. The van der Waals surface area contributed by atoms with Crippen molar-refractivity contribution in [3.05, 3.63) is 81.6 Å². The van der Waals surface area contributed by atoms with Gasteiger partial charge in [0.15, 0.2) is 11.6 Å². The molecule has 0 fully saturated rings. The van der Waals surface area contributed by atoms with E-state index in [4.69, 9.17) is 16.3 Å². The van der Waals surface area contributed by atoms with Crippen LogP contribution in [0.1, 0.15) is 10.5 Å². The van der Waals surface area contributed by atoms with Crippen LogP contribution in [0.25, 0.3) is 10.9 Å². The molecule has 0 spiro atoms. The molecule has 0 saturated carbocycles. The Labute approximate surface area is 168 Å². The van der Waals surface area contributed by atoms with E-state index in [9.17, 15) is 14.0 Å². The van der Waals surface area contributed by atoms with Crippen LogP contribution in [-0.4, -0.2) is 20.7 Å². The number of nitrogens with one attached hydrogen (secondary N) is 2. The van der Waals surface area contributed by atoms with E-state index in [0.717, 1.165) is 12.1 Å². The number of ether oxygens (including phenoxy) is 1. The van der Waals surface area contributed by atoms with E-state index in [2.05, 4.69) is 15.4 Å². The highest BCUT2D eigenvalue weighted by Crippen LogP contribution is 2.32. The number of hydrogen-bond donors (Lipinski definition) is 2. The van der Waals surface area contributed by atoms with Gasteiger partial charge in [0.1, 0.15) is 11.4 Å². The van der Waals surface area contributed by atoms with Crippen molar-refractivity contribution in [1.82, 2.24) is 14.8 Å². The van der Waals surface area contributed by atoms with Crippen LogP contribution in [0.5, 0.6) is 11.5 Å². The lowest BCUT2D eigenvalue weighted by Gasteiger charge is -2.11. The second kappa shape index (κ2) is 7.40. The molecule has 0 radical (unpaired) electrons. The molecule has 0 atom stereocenters. The summed E-state index contributed by atoms with van der Waals surface area (Å²) in [6.07, 6.45) is 1.54. The van der Waals surface area contributed by atoms with Crippen LogP contribution >= 0.6 is 11.6 Å². The van der Waals surface area contributed by atoms with Gasteiger partial charge in [0, 0.05) is 41.5 Å². The molecule has 0 aliphatic rings. The van der Waals surface area contributed by atoms with Crippen LogP contribution in [0.4, 0.5) is 10.1 Å². The van der Waals surface area contributed by atoms with Crippen molar-refractivity contribution in [3.63, 3.8) is 0 Å². The van der Waals surface area contributed by atoms with Gasteiger partial charge < -0.3 is 10.1 Å². The molecular formula is C20H14ClFN4O3. The van der Waals surface area contributed by atoms with Gasteiger partial charge >= 0.3 is 0 Å². The van der Waals surface area contributed by atoms with Crippen molar-refractivity contribution >= 4 is 34.1 Å². The maximum absolute atomic E-state index is 14.5. The minimum absolute atomic E-state index is 0.0152. The summed E-state index contributed by atoms with van der Waals surface area (Å²) in [6, 6.07) is 11.9. The largest absolute Gasteiger partial charge is 0.454 e. The topological polar surface area (TPSA) is 89.0 Å². The zero-order chi connectivity index (χ0) is 20.5. The van der Waals surface area contributed by atoms with Crippen molar-refractivity contribution in [2.75, 3.05) is 5.32 Å². The Balaban J connectivity index is 1.56. The molecule has 0 unspecified atom stereocenters. The molecule has 146 valence electrons. The number of anilines is 1. The summed E-state index contributed by atoms with van der Waals surface area (Å²) in [5, 5.41) is 6.34. The molecule has 0 bridgehead atoms. The number of carbonyl (C=O) groups is 1. The SMILES string of the molecule is Cn1[nH]c(C(=O)Nc2ccc(Oc3ccnc4cc(Cl)ccc34)c(F)c2)cc1=O. The molecular weight excluding hydrogens is 399 g/mol. The smallest absolute Gasteiger partial charge is 0.273 e. The zero-order valence-corrected chi connectivity index (χ0v) is 15.8. The molecule has 2 N–H and O–H groups in total. The fraction of sp³-hybridized carbons (Fsp3) is 0.0500. The number of benzene rings is 2. The number of hydrogen-bond acceptors (Lipinski definition) is 4. The van der Waals surface area contributed by atoms with Gasteiger partial charge in [0.2, 0.25) is 0 Å². The summed E-state index contributed by atoms with van der Waals surface area (Å²) in [4.78, 5) is 27.8. The van der Waals surface area contributed by atoms with Crippen molar-refractivity contribution in [2.45, 2.75) is 0 Å². The van der Waals surface area contributed by atoms with Gasteiger partial charge in [-0.15, -0.1) is 0 Å². The molecule has 29 heavy (non-hydrogen) atoms. The maximum Gasteiger partial charge on any atom is 0.273 e. The van der Waals surface area contributed by atoms with Crippen LogP contribution < -0.4 is 15.6 Å². The molecule has 2 aromatic heterocycles. The Kier molecular flexibility index (Phi) is 4.77. The monoisotopic (exact) mass is 412 g/mol. The van der Waals surface area contributed by atoms with Crippen LogP contribution in [0.15, 0.2) is 59.5 Å². The predicted octanol–water partition coefficient (Wildman–Crippen LogP) is 4.10. The number of pyridine rings is 1. The maximum atomic E-state index is 14.5. The predicted molar refractivity (Wildman–Crippen MR) is 107 cm³/mol. The lowest BCUT2D eigenvalue weighted by atomic mass is 10.2. The van der Waals surface area contributed by atoms with Crippen LogP contribution in [0, 0.1) is 5.82 Å². The number of aromatic amines is 1. The van der Waals surface area contributed by atoms with Crippen LogP contribution in [0.3, 0.4) is 0 Å². The Morgan fingerprint density at radius 3 is 2.72 bits per heavy atom. The molecule has 1 amide bonds. The Morgan fingerprint density at radius 1 is 1.17 bits per heavy atom. The van der Waals surface area contributed by atoms with Gasteiger partial charge in [0.25, 0.3) is 11.5 Å². The minimum Gasteiger partial charge on any atom is -0.454 e. The quantitative estimate of drug-likeness (QED) is 0.528. The highest BCUT2D eigenvalue weighted by Gasteiger charge is 2.13. The van der Waals surface area contributed by atoms with E-state index in [0.29, 0.717) is 21.7 Å². The van der Waals surface area contributed by atoms with Crippen molar-refractivity contribution in [2.24, 2.45) is 7.05 Å². The summed E-state index contributed by atoms with van der Waals surface area (Å²) in [5.74, 6) is -0.821. The number of halogens is 2. The van der Waals surface area contributed by atoms with Gasteiger partial charge in [-0.3, -0.25) is 24.4 Å². The zero-order valence-electron chi connectivity index (χ0n) is 15.1. The van der Waals surface area contributed by atoms with Gasteiger partial charge in [-0.05, 0) is 36.4 Å². The Hall–Kier alpha value is -3.65. The van der Waals surface area contributed by atoms with Crippen molar-refractivity contribution in [3.8, 4) is 11.5 Å². The van der Waals surface area contributed by atoms with E-state index >= 15 is 0 Å². The molecule has 9 heteroatoms. The van der Waals surface area contributed by atoms with Crippen molar-refractivity contribution < 1.29 is 13.9 Å². The van der Waals surface area contributed by atoms with Gasteiger partial charge in [-0.1, -0.05) is 11.6 Å². The number of rotatable bonds is 4. The first kappa shape index (κ1) is 18.7. The second-order valence-corrected chi connectivity index (χ2v) is 6.68. The average Bonchev–Trinajstić information content (AvgIpc) is 3.02. The van der Waals surface area contributed by atoms with Gasteiger partial charge in [-0.25, -0.2) is 4.39 Å². The Bertz CT molecular complexity index is 1300. The number of nitrogens with zero attached hydrogens (tertiary/aromatic N) is 2. The summed E-state index contributed by atoms with van der Waals surface area (Å²) < 4.78 is 21.4. The molecule has 0 aliphatic carbocycles. The number of amides is 1. The van der Waals surface area contributed by atoms with E-state index in [1.54, 1.807) is 30.5 Å². The van der Waals surface area contributed by atoms with Gasteiger partial charge in [-0.2, -0.15) is 0 Å². The number of aryl methyl sites for hydroxylation is 1. The van der Waals surface area contributed by atoms with Crippen molar-refractivity contribution in [1.29, 1.82) is 0 Å². The third-order valence-electron chi connectivity index (χ3n) is 4.21. The lowest BCUT2D eigenvalue weighted by Crippen LogP contribution is -2.13. The minimum atomic E-state index is -0.664. The van der Waals surface area contributed by atoms with E-state index in [1.807, 2.05) is 0 Å². The first-order valence-corrected chi connectivity index (χ1v) is 8.87. The van der Waals surface area contributed by atoms with Gasteiger partial charge in [0.05, 0.1) is 5.52 Å². The normalized spacial score (nSPS) is 10.9. The van der Waals surface area contributed by atoms with Crippen LogP contribution in [0.2, 0.25) is 5.02 Å². The summed E-state index contributed by atoms with van der Waals surface area (Å²) in [5.41, 5.74) is 0.558. The lowest BCUT2D eigenvalue weighted by molar-refractivity contribution is 0.102. The molecule has 4 aromatic rings. The Morgan fingerprint density at radius 2 is 2.00 bits per heavy atom. The number of carbonyl (C=O) groups excluding carboxylic acids is 1. The van der Waals surface area contributed by atoms with E-state index < -0.39 is 11.7 Å². The molecule has 2 heterocycles. The number of aromatic nitrogens is 3. The fourth-order valence-electron chi connectivity index (χ4n) is 2.77. The second-order valence-electron chi connectivity index (χ2n) is 6.24. The van der Waals surface area contributed by atoms with E-state index in [-0.39, 0.29) is 22.7 Å². The molecule has 0 saturated heterocycles. The number of fused-ring (bicyclic) bond motifs is 1. The summed E-state index contributed by atoms with van der Waals surface area (Å²) in [7, 11) is 1.49. The first-order chi connectivity index (χ1) is 13.9. The highest BCUT2D eigenvalue weighted by molar-refractivity contribution is 6.31. The first-order valence-electron chi connectivity index (χ1n) is 8.50. The van der Waals surface area contributed by atoms with E-state index in [1.165, 1.54) is 23.9 Å². The number of H-pyrrole nitrogens is 1. The molecule has 4 rings (SSSR count). The summed E-state index contributed by atoms with van der Waals surface area (Å²) in [6.45, 7) is 0. The molecule has 2 aromatic carbocycles. The third-order valence-corrected chi connectivity index (χ3v) is 4.44. The summed E-state index contributed by atoms with van der Waals surface area (Å²) >= 11 is 5.97.